The Morgan fingerprint density at radius 3 is 2.67 bits per heavy atom. The number of aryl methyl sites for hydroxylation is 1. The molecule has 0 unspecified atom stereocenters. The molecule has 0 spiro atoms. The Balaban J connectivity index is 2.36. The van der Waals surface area contributed by atoms with Gasteiger partial charge in [-0.3, -0.25) is 9.69 Å². The second kappa shape index (κ2) is 7.31. The molecule has 0 radical (unpaired) electrons. The van der Waals surface area contributed by atoms with Crippen LogP contribution in [-0.2, 0) is 4.79 Å². The molecule has 0 aliphatic heterocycles. The number of carbonyl (C=O) groups excluding carboxylic acids is 1. The van der Waals surface area contributed by atoms with Crippen molar-refractivity contribution in [3.8, 4) is 0 Å². The second-order valence-corrected chi connectivity index (χ2v) is 5.08. The van der Waals surface area contributed by atoms with Crippen molar-refractivity contribution in [3.05, 3.63) is 23.8 Å². The number of alkyl halides is 3. The molecule has 1 rings (SSSR count). The third-order valence-electron chi connectivity index (χ3n) is 2.93. The molecule has 0 bridgehead atoms. The molecule has 0 aliphatic carbocycles. The first-order valence-corrected chi connectivity index (χ1v) is 6.58. The molecule has 0 saturated carbocycles. The van der Waals surface area contributed by atoms with Gasteiger partial charge in [0.25, 0.3) is 0 Å². The number of halogens is 3. The number of anilines is 2. The topological polar surface area (TPSA) is 58.4 Å². The number of nitrogens with one attached hydrogen (secondary N) is 1. The Kier molecular flexibility index (Phi) is 6.02. The smallest absolute Gasteiger partial charge is 0.399 e. The molecule has 0 heterocycles. The lowest BCUT2D eigenvalue weighted by atomic mass is 10.1. The van der Waals surface area contributed by atoms with Crippen molar-refractivity contribution in [2.75, 3.05) is 31.2 Å². The van der Waals surface area contributed by atoms with Crippen LogP contribution in [0.2, 0.25) is 0 Å². The van der Waals surface area contributed by atoms with Gasteiger partial charge in [0.1, 0.15) is 0 Å². The highest BCUT2D eigenvalue weighted by Gasteiger charge is 2.28. The lowest BCUT2D eigenvalue weighted by Crippen LogP contribution is -2.32. The van der Waals surface area contributed by atoms with E-state index in [1.54, 1.807) is 18.2 Å². The van der Waals surface area contributed by atoms with Crippen molar-refractivity contribution in [2.24, 2.45) is 0 Å². The molecule has 0 atom stereocenters. The number of nitrogens with zero attached hydrogens (tertiary/aromatic N) is 1. The predicted molar refractivity (Wildman–Crippen MR) is 77.0 cm³/mol. The third-order valence-corrected chi connectivity index (χ3v) is 2.93. The number of benzene rings is 1. The number of nitrogen functional groups attached to an aromatic ring is 1. The summed E-state index contributed by atoms with van der Waals surface area (Å²) in [5.41, 5.74) is 7.69. The number of nitrogens with two attached hydrogens (primary N) is 1. The second-order valence-electron chi connectivity index (χ2n) is 5.08. The van der Waals surface area contributed by atoms with E-state index in [9.17, 15) is 18.0 Å². The van der Waals surface area contributed by atoms with Gasteiger partial charge in [0.15, 0.2) is 0 Å². The van der Waals surface area contributed by atoms with E-state index in [1.165, 1.54) is 7.05 Å². The highest BCUT2D eigenvalue weighted by molar-refractivity contribution is 5.91. The van der Waals surface area contributed by atoms with Crippen LogP contribution in [0.25, 0.3) is 0 Å². The van der Waals surface area contributed by atoms with Gasteiger partial charge < -0.3 is 11.1 Å². The van der Waals surface area contributed by atoms with Crippen molar-refractivity contribution in [1.29, 1.82) is 0 Å². The molecule has 1 aromatic carbocycles. The van der Waals surface area contributed by atoms with E-state index < -0.39 is 12.7 Å². The summed E-state index contributed by atoms with van der Waals surface area (Å²) in [6.45, 7) is 1.08. The van der Waals surface area contributed by atoms with E-state index in [2.05, 4.69) is 5.32 Å². The fourth-order valence-electron chi connectivity index (χ4n) is 1.88. The zero-order valence-corrected chi connectivity index (χ0v) is 12.1. The first kappa shape index (κ1) is 17.3. The molecule has 3 N–H and O–H groups in total. The fraction of sp³-hybridized carbons (Fsp3) is 0.500. The Hall–Kier alpha value is -1.76. The molecular weight excluding hydrogens is 283 g/mol. The van der Waals surface area contributed by atoms with Crippen LogP contribution in [-0.4, -0.2) is 37.1 Å². The van der Waals surface area contributed by atoms with E-state index >= 15 is 0 Å². The monoisotopic (exact) mass is 303 g/mol. The van der Waals surface area contributed by atoms with Crippen LogP contribution in [0.4, 0.5) is 24.5 Å². The SMILES string of the molecule is Cc1ccc(N)cc1NC(=O)CCCN(C)CC(F)(F)F. The molecule has 1 amide bonds. The molecular formula is C14H20F3N3O. The molecule has 0 aliphatic rings. The van der Waals surface area contributed by atoms with Crippen molar-refractivity contribution < 1.29 is 18.0 Å². The van der Waals surface area contributed by atoms with Crippen LogP contribution in [0.5, 0.6) is 0 Å². The van der Waals surface area contributed by atoms with Crippen LogP contribution >= 0.6 is 0 Å². The van der Waals surface area contributed by atoms with Gasteiger partial charge in [0.05, 0.1) is 6.54 Å². The quantitative estimate of drug-likeness (QED) is 0.795. The summed E-state index contributed by atoms with van der Waals surface area (Å²) in [7, 11) is 1.38. The average molecular weight is 303 g/mol. The number of hydrogen-bond donors (Lipinski definition) is 2. The Labute approximate surface area is 122 Å². The molecule has 1 aromatic rings. The Morgan fingerprint density at radius 1 is 1.38 bits per heavy atom. The van der Waals surface area contributed by atoms with Crippen LogP contribution in [0.3, 0.4) is 0 Å². The number of amides is 1. The molecule has 21 heavy (non-hydrogen) atoms. The van der Waals surface area contributed by atoms with Gasteiger partial charge in [-0.2, -0.15) is 13.2 Å². The molecule has 0 fully saturated rings. The minimum Gasteiger partial charge on any atom is -0.399 e. The lowest BCUT2D eigenvalue weighted by molar-refractivity contribution is -0.143. The van der Waals surface area contributed by atoms with Crippen molar-refractivity contribution in [2.45, 2.75) is 25.9 Å². The average Bonchev–Trinajstić information content (AvgIpc) is 2.31. The first-order chi connectivity index (χ1) is 9.67. The normalized spacial score (nSPS) is 11.7. The zero-order chi connectivity index (χ0) is 16.0. The fourth-order valence-corrected chi connectivity index (χ4v) is 1.88. The first-order valence-electron chi connectivity index (χ1n) is 6.58. The minimum absolute atomic E-state index is 0.163. The van der Waals surface area contributed by atoms with Crippen molar-refractivity contribution >= 4 is 17.3 Å². The maximum Gasteiger partial charge on any atom is 0.401 e. The Morgan fingerprint density at radius 2 is 2.05 bits per heavy atom. The van der Waals surface area contributed by atoms with Gasteiger partial charge >= 0.3 is 6.18 Å². The van der Waals surface area contributed by atoms with Crippen LogP contribution in [0.1, 0.15) is 18.4 Å². The van der Waals surface area contributed by atoms with Crippen LogP contribution in [0.15, 0.2) is 18.2 Å². The highest BCUT2D eigenvalue weighted by Crippen LogP contribution is 2.19. The van der Waals surface area contributed by atoms with Gasteiger partial charge in [-0.1, -0.05) is 6.07 Å². The zero-order valence-electron chi connectivity index (χ0n) is 12.1. The van der Waals surface area contributed by atoms with E-state index in [0.29, 0.717) is 17.8 Å². The van der Waals surface area contributed by atoms with E-state index in [0.717, 1.165) is 10.5 Å². The van der Waals surface area contributed by atoms with E-state index in [-0.39, 0.29) is 18.9 Å². The molecule has 7 heteroatoms. The minimum atomic E-state index is -4.21. The van der Waals surface area contributed by atoms with E-state index in [1.807, 2.05) is 6.92 Å². The summed E-state index contributed by atoms with van der Waals surface area (Å²) in [5.74, 6) is -0.232. The number of hydrogen-bond acceptors (Lipinski definition) is 3. The van der Waals surface area contributed by atoms with Crippen LogP contribution in [0, 0.1) is 6.92 Å². The summed E-state index contributed by atoms with van der Waals surface area (Å²) in [6, 6.07) is 5.18. The Bertz CT molecular complexity index is 489. The maximum atomic E-state index is 12.1. The molecule has 0 aromatic heterocycles. The number of rotatable bonds is 6. The summed E-state index contributed by atoms with van der Waals surface area (Å²) < 4.78 is 36.4. The third kappa shape index (κ3) is 6.99. The standard InChI is InChI=1S/C14H20F3N3O/c1-10-5-6-11(18)8-12(10)19-13(21)4-3-7-20(2)9-14(15,16)17/h5-6,8H,3-4,7,9,18H2,1-2H3,(H,19,21). The van der Waals surface area contributed by atoms with Gasteiger partial charge in [0, 0.05) is 17.8 Å². The summed E-state index contributed by atoms with van der Waals surface area (Å²) in [6.07, 6.45) is -3.69. The summed E-state index contributed by atoms with van der Waals surface area (Å²) >= 11 is 0. The molecule has 4 nitrogen and oxygen atoms in total. The summed E-state index contributed by atoms with van der Waals surface area (Å²) in [5, 5.41) is 2.71. The highest BCUT2D eigenvalue weighted by atomic mass is 19.4. The van der Waals surface area contributed by atoms with Gasteiger partial charge in [-0.25, -0.2) is 0 Å². The van der Waals surface area contributed by atoms with Crippen molar-refractivity contribution in [3.63, 3.8) is 0 Å². The van der Waals surface area contributed by atoms with Gasteiger partial charge in [0.2, 0.25) is 5.91 Å². The maximum absolute atomic E-state index is 12.1. The molecule has 0 saturated heterocycles. The largest absolute Gasteiger partial charge is 0.401 e. The van der Waals surface area contributed by atoms with Crippen molar-refractivity contribution in [1.82, 2.24) is 4.90 Å². The van der Waals surface area contributed by atoms with Gasteiger partial charge in [-0.05, 0) is 44.6 Å². The van der Waals surface area contributed by atoms with Crippen LogP contribution < -0.4 is 11.1 Å². The lowest BCUT2D eigenvalue weighted by Gasteiger charge is -2.18. The summed E-state index contributed by atoms with van der Waals surface area (Å²) in [4.78, 5) is 12.9. The number of carbonyl (C=O) groups is 1. The van der Waals surface area contributed by atoms with E-state index in [4.69, 9.17) is 5.73 Å². The van der Waals surface area contributed by atoms with Gasteiger partial charge in [-0.15, -0.1) is 0 Å². The predicted octanol–water partition coefficient (Wildman–Crippen LogP) is 2.79. The molecule has 118 valence electrons.